The van der Waals surface area contributed by atoms with Crippen LogP contribution in [0.2, 0.25) is 0 Å². The van der Waals surface area contributed by atoms with Gasteiger partial charge in [0.15, 0.2) is 5.78 Å². The van der Waals surface area contributed by atoms with Gasteiger partial charge in [0.1, 0.15) is 0 Å². The van der Waals surface area contributed by atoms with Gasteiger partial charge >= 0.3 is 0 Å². The number of rotatable bonds is 1. The minimum atomic E-state index is -0.367. The lowest BCUT2D eigenvalue weighted by Crippen LogP contribution is -2.43. The fraction of sp³-hybridized carbons (Fsp3) is 0.571. The largest absolute Gasteiger partial charge is 0.299 e. The molecule has 1 heterocycles. The van der Waals surface area contributed by atoms with Crippen LogP contribution in [0.15, 0.2) is 0 Å². The Morgan fingerprint density at radius 2 is 1.64 bits per heavy atom. The number of carbonyl (C=O) groups is 3. The van der Waals surface area contributed by atoms with E-state index in [0.717, 1.165) is 4.90 Å². The predicted molar refractivity (Wildman–Crippen MR) is 36.6 cm³/mol. The van der Waals surface area contributed by atoms with Gasteiger partial charge in [-0.3, -0.25) is 19.3 Å². The lowest BCUT2D eigenvalue weighted by atomic mass is 10.1. The Kier molecular flexibility index (Phi) is 2.03. The average Bonchev–Trinajstić information content (AvgIpc) is 1.85. The molecule has 0 radical (unpaired) electrons. The van der Waals surface area contributed by atoms with Crippen LogP contribution in [0.3, 0.4) is 0 Å². The predicted octanol–water partition coefficient (Wildman–Crippen LogP) is -0.276. The van der Waals surface area contributed by atoms with Gasteiger partial charge in [-0.05, 0) is 6.92 Å². The molecule has 11 heavy (non-hydrogen) atoms. The van der Waals surface area contributed by atoms with Gasteiger partial charge in [-0.25, -0.2) is 0 Å². The van der Waals surface area contributed by atoms with Gasteiger partial charge in [-0.15, -0.1) is 0 Å². The fourth-order valence-electron chi connectivity index (χ4n) is 1.08. The Balaban J connectivity index is 2.74. The summed E-state index contributed by atoms with van der Waals surface area (Å²) in [6, 6.07) is 0. The number of carbonyl (C=O) groups excluding carboxylic acids is 3. The Bertz CT molecular complexity index is 202. The van der Waals surface area contributed by atoms with Gasteiger partial charge in [0.05, 0.1) is 12.8 Å². The summed E-state index contributed by atoms with van der Waals surface area (Å²) < 4.78 is 0. The normalized spacial score (nSPS) is 19.4. The molecule has 4 nitrogen and oxygen atoms in total. The maximum absolute atomic E-state index is 10.9. The first-order chi connectivity index (χ1) is 5.15. The third-order valence-corrected chi connectivity index (χ3v) is 1.62. The first-order valence-corrected chi connectivity index (χ1v) is 3.50. The molecule has 2 amide bonds. The SMILES string of the molecule is CCN1C(=O)CC(=O)CC1=O. The first-order valence-electron chi connectivity index (χ1n) is 3.50. The maximum atomic E-state index is 10.9. The zero-order valence-corrected chi connectivity index (χ0v) is 6.29. The molecule has 1 aliphatic rings. The summed E-state index contributed by atoms with van der Waals surface area (Å²) in [5.74, 6) is -1.01. The lowest BCUT2D eigenvalue weighted by molar-refractivity contribution is -0.150. The molecule has 0 aromatic rings. The maximum Gasteiger partial charge on any atom is 0.236 e. The van der Waals surface area contributed by atoms with Crippen molar-refractivity contribution in [3.63, 3.8) is 0 Å². The molecule has 0 aliphatic carbocycles. The lowest BCUT2D eigenvalue weighted by Gasteiger charge is -2.22. The van der Waals surface area contributed by atoms with Gasteiger partial charge in [0.25, 0.3) is 0 Å². The molecule has 4 heteroatoms. The van der Waals surface area contributed by atoms with Crippen molar-refractivity contribution in [2.75, 3.05) is 6.54 Å². The summed E-state index contributed by atoms with van der Waals surface area (Å²) in [7, 11) is 0. The number of piperidine rings is 1. The van der Waals surface area contributed by atoms with Crippen LogP contribution in [-0.4, -0.2) is 29.0 Å². The number of hydrogen-bond acceptors (Lipinski definition) is 3. The molecular formula is C7H9NO3. The summed E-state index contributed by atoms with van der Waals surface area (Å²) in [5.41, 5.74) is 0. The van der Waals surface area contributed by atoms with E-state index in [1.807, 2.05) is 0 Å². The summed E-state index contributed by atoms with van der Waals surface area (Å²) >= 11 is 0. The van der Waals surface area contributed by atoms with Crippen LogP contribution in [0.4, 0.5) is 0 Å². The molecule has 1 fully saturated rings. The Morgan fingerprint density at radius 3 is 2.00 bits per heavy atom. The zero-order chi connectivity index (χ0) is 8.43. The van der Waals surface area contributed by atoms with Crippen LogP contribution in [0.1, 0.15) is 19.8 Å². The molecule has 0 atom stereocenters. The number of Topliss-reactive ketones (excluding diaryl/α,β-unsaturated/α-hetero) is 1. The number of amides is 2. The average molecular weight is 155 g/mol. The molecule has 0 saturated carbocycles. The van der Waals surface area contributed by atoms with Crippen molar-refractivity contribution in [1.82, 2.24) is 4.90 Å². The molecule has 60 valence electrons. The van der Waals surface area contributed by atoms with E-state index in [-0.39, 0.29) is 30.4 Å². The second-order valence-corrected chi connectivity index (χ2v) is 2.42. The van der Waals surface area contributed by atoms with E-state index in [1.54, 1.807) is 6.92 Å². The van der Waals surface area contributed by atoms with Crippen LogP contribution >= 0.6 is 0 Å². The summed E-state index contributed by atoms with van der Waals surface area (Å²) in [5, 5.41) is 0. The molecular weight excluding hydrogens is 146 g/mol. The third kappa shape index (κ3) is 1.45. The van der Waals surface area contributed by atoms with E-state index in [2.05, 4.69) is 0 Å². The van der Waals surface area contributed by atoms with Crippen molar-refractivity contribution in [2.24, 2.45) is 0 Å². The monoisotopic (exact) mass is 155 g/mol. The first kappa shape index (κ1) is 7.91. The third-order valence-electron chi connectivity index (χ3n) is 1.62. The molecule has 0 aromatic heterocycles. The topological polar surface area (TPSA) is 54.5 Å². The second kappa shape index (κ2) is 2.82. The highest BCUT2D eigenvalue weighted by atomic mass is 16.2. The van der Waals surface area contributed by atoms with Crippen molar-refractivity contribution in [2.45, 2.75) is 19.8 Å². The number of hydrogen-bond donors (Lipinski definition) is 0. The minimum absolute atomic E-state index is 0.112. The highest BCUT2D eigenvalue weighted by molar-refractivity contribution is 6.16. The fourth-order valence-corrected chi connectivity index (χ4v) is 1.08. The van der Waals surface area contributed by atoms with E-state index >= 15 is 0 Å². The molecule has 0 spiro atoms. The van der Waals surface area contributed by atoms with E-state index in [1.165, 1.54) is 0 Å². The molecule has 0 aromatic carbocycles. The standard InChI is InChI=1S/C7H9NO3/c1-2-8-6(10)3-5(9)4-7(8)11/h2-4H2,1H3. The molecule has 0 unspecified atom stereocenters. The van der Waals surface area contributed by atoms with Crippen molar-refractivity contribution in [3.05, 3.63) is 0 Å². The van der Waals surface area contributed by atoms with Crippen LogP contribution < -0.4 is 0 Å². The smallest absolute Gasteiger partial charge is 0.236 e. The van der Waals surface area contributed by atoms with Gasteiger partial charge in [0.2, 0.25) is 11.8 Å². The summed E-state index contributed by atoms with van der Waals surface area (Å²) in [4.78, 5) is 33.7. The molecule has 1 saturated heterocycles. The molecule has 0 bridgehead atoms. The van der Waals surface area contributed by atoms with Gasteiger partial charge in [-0.1, -0.05) is 0 Å². The van der Waals surface area contributed by atoms with Crippen LogP contribution in [-0.2, 0) is 14.4 Å². The van der Waals surface area contributed by atoms with Crippen LogP contribution in [0.25, 0.3) is 0 Å². The number of imide groups is 1. The summed E-state index contributed by atoms with van der Waals surface area (Å²) in [6.07, 6.45) is -0.223. The van der Waals surface area contributed by atoms with Gasteiger partial charge in [-0.2, -0.15) is 0 Å². The van der Waals surface area contributed by atoms with Crippen molar-refractivity contribution < 1.29 is 14.4 Å². The number of nitrogens with zero attached hydrogens (tertiary/aromatic N) is 1. The summed E-state index contributed by atoms with van der Waals surface area (Å²) in [6.45, 7) is 2.08. The Morgan fingerprint density at radius 1 is 1.18 bits per heavy atom. The van der Waals surface area contributed by atoms with Gasteiger partial charge in [0, 0.05) is 6.54 Å². The van der Waals surface area contributed by atoms with Crippen molar-refractivity contribution in [3.8, 4) is 0 Å². The second-order valence-electron chi connectivity index (χ2n) is 2.42. The van der Waals surface area contributed by atoms with Gasteiger partial charge < -0.3 is 0 Å². The highest BCUT2D eigenvalue weighted by Crippen LogP contribution is 2.07. The molecule has 1 rings (SSSR count). The molecule has 0 N–H and O–H groups in total. The minimum Gasteiger partial charge on any atom is -0.299 e. The Hall–Kier alpha value is -1.19. The van der Waals surface area contributed by atoms with Crippen LogP contribution in [0, 0.1) is 0 Å². The van der Waals surface area contributed by atoms with E-state index in [9.17, 15) is 14.4 Å². The number of ketones is 1. The van der Waals surface area contributed by atoms with Crippen LogP contribution in [0.5, 0.6) is 0 Å². The number of likely N-dealkylation sites (tertiary alicyclic amines) is 1. The molecule has 1 aliphatic heterocycles. The quantitative estimate of drug-likeness (QED) is 0.386. The van der Waals surface area contributed by atoms with E-state index in [0.29, 0.717) is 6.54 Å². The van der Waals surface area contributed by atoms with E-state index in [4.69, 9.17) is 0 Å². The van der Waals surface area contributed by atoms with Crippen molar-refractivity contribution >= 4 is 17.6 Å². The Labute approximate surface area is 64.2 Å². The van der Waals surface area contributed by atoms with E-state index < -0.39 is 0 Å². The van der Waals surface area contributed by atoms with Crippen molar-refractivity contribution in [1.29, 1.82) is 0 Å². The highest BCUT2D eigenvalue weighted by Gasteiger charge is 2.29. The zero-order valence-electron chi connectivity index (χ0n) is 6.29.